The van der Waals surface area contributed by atoms with Gasteiger partial charge < -0.3 is 88.3 Å². The first-order valence-corrected chi connectivity index (χ1v) is 42.7. The van der Waals surface area contributed by atoms with Gasteiger partial charge in [0.15, 0.2) is 0 Å². The summed E-state index contributed by atoms with van der Waals surface area (Å²) in [4.78, 5) is 182. The Morgan fingerprint density at radius 3 is 0.850 bits per heavy atom. The number of likely N-dealkylation sites (tertiary alicyclic amines) is 3. The Hall–Kier alpha value is -16.1. The smallest absolute Gasteiger partial charge is 0.394 e. The van der Waals surface area contributed by atoms with Gasteiger partial charge in [0.25, 0.3) is 23.6 Å². The number of methoxy groups -OCH3 is 4. The summed E-state index contributed by atoms with van der Waals surface area (Å²) in [5.41, 5.74) is 26.0. The number of nitrogens with one attached hydrogen (secondary N) is 5. The number of ether oxygens (including phenoxy) is 4. The van der Waals surface area contributed by atoms with Crippen LogP contribution in [0, 0.1) is 23.7 Å². The first-order valence-electron chi connectivity index (χ1n) is 42.7. The monoisotopic (exact) mass is 1810 g/mol. The van der Waals surface area contributed by atoms with E-state index in [1.807, 2.05) is 90.5 Å². The van der Waals surface area contributed by atoms with Crippen molar-refractivity contribution in [2.45, 2.75) is 103 Å². The van der Waals surface area contributed by atoms with Crippen LogP contribution in [0.5, 0.6) is 23.5 Å². The van der Waals surface area contributed by atoms with Crippen molar-refractivity contribution in [3.63, 3.8) is 0 Å². The standard InChI is InChI=1S/3C24H25N5O4.C15H18N2.C9H9N3O5/c3*1-14-3-6-20(16-4-5-17-11-26-8-7-15(17)9-16)29(13-14)24(32)22(31)28-18-10-19(21(25)30)23(33-2)27-12-18;1-11-2-5-15(17-9-11)13-3-4-14-10-16-7-6-12(14)8-13;1-17-8-5(6(10)13)2-4(3-11-8)12-7(14)9(15)16/h3*4-5,7-12,14,20H,3,6,13H2,1-2H3,(H2,25,30)(H,28,31);3-4,6-8,10-11,15,17H,2,5,9H2,1H3;2-3H,1H3,(H2,10,13)(H,12,14)(H,15,16)/t2*14-,20+;;;/m10.../s1. The molecule has 688 valence electrons. The largest absolute Gasteiger partial charge is 0.480 e. The molecule has 0 saturated carbocycles. The predicted molar refractivity (Wildman–Crippen MR) is 494 cm³/mol. The van der Waals surface area contributed by atoms with Crippen molar-refractivity contribution in [1.29, 1.82) is 0 Å². The number of carbonyl (C=O) groups excluding carboxylic acids is 11. The number of aliphatic carboxylic acids is 1. The van der Waals surface area contributed by atoms with Crippen LogP contribution in [0.4, 0.5) is 22.7 Å². The molecular formula is C96H102N20O17. The number of carboxylic acid groups (broad SMARTS) is 1. The first-order chi connectivity index (χ1) is 63.9. The van der Waals surface area contributed by atoms with Crippen molar-refractivity contribution < 1.29 is 81.6 Å². The summed E-state index contributed by atoms with van der Waals surface area (Å²) >= 11 is 0. The minimum absolute atomic E-state index is 0.00850. The van der Waals surface area contributed by atoms with Gasteiger partial charge in [0, 0.05) is 96.8 Å². The highest BCUT2D eigenvalue weighted by atomic mass is 16.5. The van der Waals surface area contributed by atoms with Crippen LogP contribution >= 0.6 is 0 Å². The van der Waals surface area contributed by atoms with Gasteiger partial charge in [-0.25, -0.2) is 24.7 Å². The molecule has 4 unspecified atom stereocenters. The molecule has 37 nitrogen and oxygen atoms in total. The zero-order valence-electron chi connectivity index (χ0n) is 74.3. The number of aromatic nitrogens is 8. The van der Waals surface area contributed by atoms with Crippen LogP contribution in [0.1, 0.15) is 167 Å². The number of nitrogens with two attached hydrogens (primary N) is 4. The molecule has 4 aliphatic heterocycles. The number of primary amides is 4. The SMILES string of the molecule is CC1CCC(c2ccc3cnccc3c2)NC1.COc1ncc(NC(=O)C(=O)N2CC(C)CCC2c2ccc3cnccc3c2)cc1C(N)=O.COc1ncc(NC(=O)C(=O)N2C[C@@H](C)CC[C@@H]2c2ccc3cnccc3c2)cc1C(N)=O.COc1ncc(NC(=O)C(=O)N2C[C@H](C)CC[C@H]2c2ccc3cnccc3c2)cc1C(N)=O.COc1ncc(NC(=O)C(=O)O)cc1C(N)=O. The van der Waals surface area contributed by atoms with Crippen molar-refractivity contribution in [2.75, 3.05) is 75.9 Å². The van der Waals surface area contributed by atoms with Crippen molar-refractivity contribution in [3.05, 3.63) is 240 Å². The first kappa shape index (κ1) is 96.0. The van der Waals surface area contributed by atoms with Gasteiger partial charge in [-0.2, -0.15) is 0 Å². The lowest BCUT2D eigenvalue weighted by Crippen LogP contribution is -2.46. The average molecular weight is 1810 g/mol. The van der Waals surface area contributed by atoms with E-state index in [0.29, 0.717) is 25.7 Å². The Balaban J connectivity index is 0.000000154. The normalized spacial score (nSPS) is 17.8. The maximum absolute atomic E-state index is 13.2. The topological polar surface area (TPSA) is 539 Å². The number of nitrogens with zero attached hydrogens (tertiary/aromatic N) is 11. The number of fused-ring (bicyclic) bond motifs is 4. The van der Waals surface area contributed by atoms with E-state index >= 15 is 0 Å². The molecule has 133 heavy (non-hydrogen) atoms. The van der Waals surface area contributed by atoms with Gasteiger partial charge in [-0.15, -0.1) is 0 Å². The van der Waals surface area contributed by atoms with Gasteiger partial charge in [0.2, 0.25) is 23.5 Å². The number of carboxylic acids is 1. The fourth-order valence-electron chi connectivity index (χ4n) is 16.3. The molecule has 37 heteroatoms. The molecule has 12 aromatic rings. The maximum atomic E-state index is 13.2. The second kappa shape index (κ2) is 44.3. The van der Waals surface area contributed by atoms with Gasteiger partial charge >= 0.3 is 47.3 Å². The second-order valence-corrected chi connectivity index (χ2v) is 32.7. The summed E-state index contributed by atoms with van der Waals surface area (Å²) in [6.45, 7) is 11.1. The number of rotatable bonds is 16. The van der Waals surface area contributed by atoms with E-state index in [0.717, 1.165) is 106 Å². The summed E-state index contributed by atoms with van der Waals surface area (Å²) in [6.07, 6.45) is 27.1. The quantitative estimate of drug-likeness (QED) is 0.0402. The molecule has 8 atom stereocenters. The Kier molecular flexibility index (Phi) is 32.0. The van der Waals surface area contributed by atoms with E-state index in [-0.39, 0.29) is 104 Å². The van der Waals surface area contributed by atoms with Crippen LogP contribution in [0.25, 0.3) is 43.1 Å². The van der Waals surface area contributed by atoms with Gasteiger partial charge in [-0.3, -0.25) is 72.7 Å². The van der Waals surface area contributed by atoms with Crippen LogP contribution in [-0.2, 0) is 38.4 Å². The van der Waals surface area contributed by atoms with Crippen molar-refractivity contribution in [1.82, 2.24) is 59.9 Å². The van der Waals surface area contributed by atoms with Crippen molar-refractivity contribution in [3.8, 4) is 23.5 Å². The lowest BCUT2D eigenvalue weighted by molar-refractivity contribution is -0.147. The predicted octanol–water partition coefficient (Wildman–Crippen LogP) is 10.5. The number of hydrogen-bond donors (Lipinski definition) is 10. The van der Waals surface area contributed by atoms with E-state index < -0.39 is 70.9 Å². The van der Waals surface area contributed by atoms with E-state index in [1.165, 1.54) is 100 Å². The van der Waals surface area contributed by atoms with E-state index in [4.69, 9.17) is 47.0 Å². The van der Waals surface area contributed by atoms with E-state index in [1.54, 1.807) is 51.9 Å². The van der Waals surface area contributed by atoms with Crippen molar-refractivity contribution in [2.24, 2.45) is 46.6 Å². The number of benzene rings is 4. The second-order valence-electron chi connectivity index (χ2n) is 32.7. The Morgan fingerprint density at radius 1 is 0.331 bits per heavy atom. The summed E-state index contributed by atoms with van der Waals surface area (Å²) in [6, 6.07) is 37.7. The fraction of sp³-hybridized carbons (Fsp3) is 0.292. The number of amides is 11. The van der Waals surface area contributed by atoms with Crippen LogP contribution in [0.3, 0.4) is 0 Å². The fourth-order valence-corrected chi connectivity index (χ4v) is 16.3. The highest BCUT2D eigenvalue weighted by Crippen LogP contribution is 2.40. The highest BCUT2D eigenvalue weighted by Gasteiger charge is 2.39. The van der Waals surface area contributed by atoms with Crippen LogP contribution in [0.15, 0.2) is 196 Å². The average Bonchev–Trinajstić information content (AvgIpc) is 0.796. The van der Waals surface area contributed by atoms with Gasteiger partial charge in [-0.1, -0.05) is 76.2 Å². The molecule has 0 bridgehead atoms. The summed E-state index contributed by atoms with van der Waals surface area (Å²) < 4.78 is 19.8. The molecule has 14 N–H and O–H groups in total. The molecule has 4 aromatic carbocycles. The Morgan fingerprint density at radius 2 is 0.594 bits per heavy atom. The molecular weight excluding hydrogens is 1710 g/mol. The summed E-state index contributed by atoms with van der Waals surface area (Å²) in [5.74, 6) is -8.54. The molecule has 0 aliphatic carbocycles. The zero-order valence-corrected chi connectivity index (χ0v) is 74.3. The molecule has 11 amide bonds. The minimum Gasteiger partial charge on any atom is -0.480 e. The van der Waals surface area contributed by atoms with Gasteiger partial charge in [0.1, 0.15) is 22.3 Å². The highest BCUT2D eigenvalue weighted by molar-refractivity contribution is 6.41. The van der Waals surface area contributed by atoms with Gasteiger partial charge in [0.05, 0.1) is 94.1 Å². The number of anilines is 4. The van der Waals surface area contributed by atoms with Crippen LogP contribution in [-0.4, -0.2) is 185 Å². The molecule has 0 radical (unpaired) electrons. The number of pyridine rings is 8. The molecule has 8 aromatic heterocycles. The lowest BCUT2D eigenvalue weighted by atomic mass is 9.89. The van der Waals surface area contributed by atoms with Crippen LogP contribution < -0.4 is 68.5 Å². The van der Waals surface area contributed by atoms with E-state index in [9.17, 15) is 57.5 Å². The molecule has 12 heterocycles. The molecule has 4 fully saturated rings. The number of piperidine rings is 4. The third-order valence-corrected chi connectivity index (χ3v) is 23.2. The summed E-state index contributed by atoms with van der Waals surface area (Å²) in [7, 11) is 5.37. The lowest BCUT2D eigenvalue weighted by Gasteiger charge is -2.38. The third kappa shape index (κ3) is 24.3. The maximum Gasteiger partial charge on any atom is 0.394 e. The third-order valence-electron chi connectivity index (χ3n) is 23.2. The van der Waals surface area contributed by atoms with Crippen LogP contribution in [0.2, 0.25) is 0 Å². The van der Waals surface area contributed by atoms with Gasteiger partial charge in [-0.05, 0) is 198 Å². The zero-order chi connectivity index (χ0) is 95.3. The number of carbonyl (C=O) groups is 12. The molecule has 4 aliphatic rings. The Labute approximate surface area is 763 Å². The molecule has 0 spiro atoms. The molecule has 4 saturated heterocycles. The summed E-state index contributed by atoms with van der Waals surface area (Å²) in [5, 5.41) is 30.3. The van der Waals surface area contributed by atoms with E-state index in [2.05, 4.69) is 113 Å². The van der Waals surface area contributed by atoms with Crippen molar-refractivity contribution >= 4 is 137 Å². The minimum atomic E-state index is -1.65. The Bertz CT molecular complexity index is 5940. The molecule has 16 rings (SSSR count). The number of hydrogen-bond acceptors (Lipinski definition) is 25.